The van der Waals surface area contributed by atoms with Gasteiger partial charge in [0.25, 0.3) is 0 Å². The maximum Gasteiger partial charge on any atom is 0.119 e. The van der Waals surface area contributed by atoms with Crippen molar-refractivity contribution in [2.24, 2.45) is 0 Å². The van der Waals surface area contributed by atoms with E-state index in [4.69, 9.17) is 4.74 Å². The van der Waals surface area contributed by atoms with E-state index in [0.717, 1.165) is 12.3 Å². The molecule has 0 spiro atoms. The average molecular weight is 265 g/mol. The lowest BCUT2D eigenvalue weighted by atomic mass is 9.87. The van der Waals surface area contributed by atoms with Crippen LogP contribution in [0, 0.1) is 0 Å². The highest BCUT2D eigenvalue weighted by atomic mass is 32.2. The third kappa shape index (κ3) is 2.83. The first-order valence-corrected chi connectivity index (χ1v) is 8.02. The number of hydrogen-bond acceptors (Lipinski definition) is 3. The second-order valence-electron chi connectivity index (χ2n) is 4.81. The largest absolute Gasteiger partial charge is 0.497 e. The van der Waals surface area contributed by atoms with Gasteiger partial charge in [-0.3, -0.25) is 0 Å². The highest BCUT2D eigenvalue weighted by Crippen LogP contribution is 2.37. The molecular weight excluding hydrogens is 242 g/mol. The Morgan fingerprint density at radius 2 is 2.28 bits per heavy atom. The number of nitrogens with one attached hydrogen (secondary N) is 1. The van der Waals surface area contributed by atoms with Gasteiger partial charge in [-0.1, -0.05) is 13.0 Å². The summed E-state index contributed by atoms with van der Waals surface area (Å²) in [4.78, 5) is 0. The monoisotopic (exact) mass is 265 g/mol. The Bertz CT molecular complexity index is 394. The molecule has 0 heterocycles. The Kier molecular flexibility index (Phi) is 4.95. The standard InChI is InChI=1S/C15H23NOS/c1-4-9-16-15-13-10-12(17-2)7-5-11(13)6-8-14(15)18-3/h5,7,10,14-16H,4,6,8-9H2,1-3H3. The third-order valence-electron chi connectivity index (χ3n) is 3.68. The molecule has 0 saturated carbocycles. The molecule has 100 valence electrons. The van der Waals surface area contributed by atoms with Crippen molar-refractivity contribution < 1.29 is 4.74 Å². The Hall–Kier alpha value is -0.670. The van der Waals surface area contributed by atoms with Gasteiger partial charge in [-0.05, 0) is 55.3 Å². The van der Waals surface area contributed by atoms with Crippen LogP contribution in [0.15, 0.2) is 18.2 Å². The van der Waals surface area contributed by atoms with Crippen molar-refractivity contribution in [3.8, 4) is 5.75 Å². The number of fused-ring (bicyclic) bond motifs is 1. The summed E-state index contributed by atoms with van der Waals surface area (Å²) in [6.45, 7) is 3.30. The molecule has 0 saturated heterocycles. The smallest absolute Gasteiger partial charge is 0.119 e. The lowest BCUT2D eigenvalue weighted by Crippen LogP contribution is -2.34. The Balaban J connectivity index is 2.29. The van der Waals surface area contributed by atoms with Crippen LogP contribution in [0.2, 0.25) is 0 Å². The van der Waals surface area contributed by atoms with Crippen molar-refractivity contribution in [2.45, 2.75) is 37.5 Å². The first-order valence-electron chi connectivity index (χ1n) is 6.73. The Morgan fingerprint density at radius 1 is 1.44 bits per heavy atom. The van der Waals surface area contributed by atoms with Gasteiger partial charge < -0.3 is 10.1 Å². The van der Waals surface area contributed by atoms with Crippen LogP contribution in [0.25, 0.3) is 0 Å². The Labute approximate surface area is 114 Å². The number of hydrogen-bond donors (Lipinski definition) is 1. The van der Waals surface area contributed by atoms with Crippen molar-refractivity contribution in [3.63, 3.8) is 0 Å². The van der Waals surface area contributed by atoms with Crippen LogP contribution in [-0.4, -0.2) is 25.2 Å². The highest BCUT2D eigenvalue weighted by molar-refractivity contribution is 7.99. The van der Waals surface area contributed by atoms with Gasteiger partial charge in [-0.2, -0.15) is 11.8 Å². The summed E-state index contributed by atoms with van der Waals surface area (Å²) in [5.41, 5.74) is 2.92. The summed E-state index contributed by atoms with van der Waals surface area (Å²) in [5, 5.41) is 4.38. The van der Waals surface area contributed by atoms with E-state index in [-0.39, 0.29) is 0 Å². The summed E-state index contributed by atoms with van der Waals surface area (Å²) in [7, 11) is 1.74. The fraction of sp³-hybridized carbons (Fsp3) is 0.600. The van der Waals surface area contributed by atoms with E-state index >= 15 is 0 Å². The van der Waals surface area contributed by atoms with Crippen LogP contribution in [0.4, 0.5) is 0 Å². The molecule has 0 amide bonds. The highest BCUT2D eigenvalue weighted by Gasteiger charge is 2.28. The van der Waals surface area contributed by atoms with Crippen LogP contribution in [-0.2, 0) is 6.42 Å². The lowest BCUT2D eigenvalue weighted by molar-refractivity contribution is 0.410. The van der Waals surface area contributed by atoms with Gasteiger partial charge in [0, 0.05) is 11.3 Å². The van der Waals surface area contributed by atoms with Gasteiger partial charge in [-0.25, -0.2) is 0 Å². The summed E-state index contributed by atoms with van der Waals surface area (Å²) < 4.78 is 5.37. The van der Waals surface area contributed by atoms with E-state index in [1.165, 1.54) is 30.4 Å². The Morgan fingerprint density at radius 3 is 2.94 bits per heavy atom. The van der Waals surface area contributed by atoms with Crippen molar-refractivity contribution >= 4 is 11.8 Å². The van der Waals surface area contributed by atoms with Crippen molar-refractivity contribution in [1.82, 2.24) is 5.32 Å². The molecule has 1 aliphatic rings. The fourth-order valence-corrected chi connectivity index (χ4v) is 3.55. The summed E-state index contributed by atoms with van der Waals surface area (Å²) in [6, 6.07) is 6.99. The molecule has 2 rings (SSSR count). The normalized spacial score (nSPS) is 22.6. The molecule has 1 aromatic carbocycles. The molecule has 2 unspecified atom stereocenters. The van der Waals surface area contributed by atoms with E-state index in [1.54, 1.807) is 7.11 Å². The van der Waals surface area contributed by atoms with Crippen molar-refractivity contribution in [2.75, 3.05) is 19.9 Å². The number of aryl methyl sites for hydroxylation is 1. The van der Waals surface area contributed by atoms with Crippen LogP contribution in [0.5, 0.6) is 5.75 Å². The fourth-order valence-electron chi connectivity index (χ4n) is 2.68. The zero-order valence-electron chi connectivity index (χ0n) is 11.5. The molecule has 0 aromatic heterocycles. The van der Waals surface area contributed by atoms with E-state index in [9.17, 15) is 0 Å². The molecule has 1 N–H and O–H groups in total. The maximum atomic E-state index is 5.37. The van der Waals surface area contributed by atoms with E-state index in [2.05, 4.69) is 36.7 Å². The summed E-state index contributed by atoms with van der Waals surface area (Å²) in [5.74, 6) is 0.971. The summed E-state index contributed by atoms with van der Waals surface area (Å²) in [6.07, 6.45) is 5.85. The van der Waals surface area contributed by atoms with Gasteiger partial charge in [0.2, 0.25) is 0 Å². The summed E-state index contributed by atoms with van der Waals surface area (Å²) >= 11 is 1.98. The molecule has 1 aliphatic carbocycles. The molecule has 2 atom stereocenters. The van der Waals surface area contributed by atoms with E-state index in [1.807, 2.05) is 11.8 Å². The zero-order valence-corrected chi connectivity index (χ0v) is 12.3. The van der Waals surface area contributed by atoms with Crippen LogP contribution in [0.1, 0.15) is 36.9 Å². The zero-order chi connectivity index (χ0) is 13.0. The van der Waals surface area contributed by atoms with Crippen molar-refractivity contribution in [3.05, 3.63) is 29.3 Å². The molecule has 3 heteroatoms. The first-order chi connectivity index (χ1) is 8.80. The predicted molar refractivity (Wildman–Crippen MR) is 79.7 cm³/mol. The molecular formula is C15H23NOS. The predicted octanol–water partition coefficient (Wildman–Crippen LogP) is 3.41. The van der Waals surface area contributed by atoms with Gasteiger partial charge in [0.05, 0.1) is 7.11 Å². The minimum atomic E-state index is 0.471. The first kappa shape index (κ1) is 13.8. The second-order valence-corrected chi connectivity index (χ2v) is 5.89. The SMILES string of the molecule is CCCNC1c2cc(OC)ccc2CCC1SC. The number of methoxy groups -OCH3 is 1. The van der Waals surface area contributed by atoms with Gasteiger partial charge >= 0.3 is 0 Å². The number of benzene rings is 1. The third-order valence-corrected chi connectivity index (χ3v) is 4.79. The van der Waals surface area contributed by atoms with Gasteiger partial charge in [-0.15, -0.1) is 0 Å². The van der Waals surface area contributed by atoms with E-state index < -0.39 is 0 Å². The molecule has 0 aliphatic heterocycles. The quantitative estimate of drug-likeness (QED) is 0.881. The van der Waals surface area contributed by atoms with Crippen LogP contribution < -0.4 is 10.1 Å². The molecule has 1 aromatic rings. The minimum absolute atomic E-state index is 0.471. The van der Waals surface area contributed by atoms with Crippen LogP contribution >= 0.6 is 11.8 Å². The molecule has 2 nitrogen and oxygen atoms in total. The van der Waals surface area contributed by atoms with Crippen molar-refractivity contribution in [1.29, 1.82) is 0 Å². The molecule has 0 bridgehead atoms. The molecule has 18 heavy (non-hydrogen) atoms. The van der Waals surface area contributed by atoms with Gasteiger partial charge in [0.1, 0.15) is 5.75 Å². The maximum absolute atomic E-state index is 5.37. The van der Waals surface area contributed by atoms with E-state index in [0.29, 0.717) is 11.3 Å². The minimum Gasteiger partial charge on any atom is -0.497 e. The van der Waals surface area contributed by atoms with Crippen LogP contribution in [0.3, 0.4) is 0 Å². The average Bonchev–Trinajstić information content (AvgIpc) is 2.43. The number of thioether (sulfide) groups is 1. The lowest BCUT2D eigenvalue weighted by Gasteiger charge is -2.33. The second kappa shape index (κ2) is 6.48. The molecule has 0 radical (unpaired) electrons. The topological polar surface area (TPSA) is 21.3 Å². The molecule has 0 fully saturated rings. The number of ether oxygens (including phenoxy) is 1. The van der Waals surface area contributed by atoms with Gasteiger partial charge in [0.15, 0.2) is 0 Å². The number of rotatable bonds is 5.